The number of rotatable bonds is 5. The van der Waals surface area contributed by atoms with Gasteiger partial charge < -0.3 is 8.97 Å². The third-order valence-electron chi connectivity index (χ3n) is 4.62. The molecule has 0 aliphatic carbocycles. The Morgan fingerprint density at radius 2 is 1.79 bits per heavy atom. The summed E-state index contributed by atoms with van der Waals surface area (Å²) in [5.41, 5.74) is 4.25. The number of hydrogen-bond acceptors (Lipinski definition) is 4. The Morgan fingerprint density at radius 3 is 2.46 bits per heavy atom. The molecule has 1 aromatic carbocycles. The fourth-order valence-electron chi connectivity index (χ4n) is 3.07. The quantitative estimate of drug-likeness (QED) is 0.559. The molecule has 144 valence electrons. The third-order valence-corrected chi connectivity index (χ3v) is 5.87. The van der Waals surface area contributed by atoms with E-state index in [2.05, 4.69) is 14.7 Å². The second-order valence-corrected chi connectivity index (χ2v) is 8.32. The number of fused-ring (bicyclic) bond motifs is 1. The van der Waals surface area contributed by atoms with Crippen molar-refractivity contribution in [3.05, 3.63) is 66.4 Å². The van der Waals surface area contributed by atoms with Crippen molar-refractivity contribution in [3.63, 3.8) is 0 Å². The predicted molar refractivity (Wildman–Crippen MR) is 109 cm³/mol. The van der Waals surface area contributed by atoms with Crippen molar-refractivity contribution in [1.29, 1.82) is 0 Å². The highest BCUT2D eigenvalue weighted by Gasteiger charge is 2.19. The number of nitrogens with one attached hydrogen (secondary N) is 1. The van der Waals surface area contributed by atoms with Crippen LogP contribution in [0, 0.1) is 13.8 Å². The summed E-state index contributed by atoms with van der Waals surface area (Å²) in [6.07, 6.45) is 5.47. The van der Waals surface area contributed by atoms with Gasteiger partial charge in [-0.15, -0.1) is 0 Å². The molecule has 0 spiro atoms. The number of sulfonamides is 1. The smallest absolute Gasteiger partial charge is 0.280 e. The Labute approximate surface area is 163 Å². The summed E-state index contributed by atoms with van der Waals surface area (Å²) in [4.78, 5) is 8.77. The zero-order valence-corrected chi connectivity index (χ0v) is 16.7. The van der Waals surface area contributed by atoms with Crippen molar-refractivity contribution in [2.45, 2.75) is 32.3 Å². The van der Waals surface area contributed by atoms with Crippen LogP contribution in [0.1, 0.15) is 18.3 Å². The number of nitrogens with zero attached hydrogens (tertiary/aromatic N) is 4. The van der Waals surface area contributed by atoms with E-state index in [9.17, 15) is 8.42 Å². The van der Waals surface area contributed by atoms with E-state index in [4.69, 9.17) is 0 Å². The average Bonchev–Trinajstić information content (AvgIpc) is 3.25. The van der Waals surface area contributed by atoms with Crippen LogP contribution >= 0.6 is 0 Å². The Hall–Kier alpha value is -3.13. The first-order chi connectivity index (χ1) is 13.4. The van der Waals surface area contributed by atoms with Gasteiger partial charge in [-0.3, -0.25) is 4.72 Å². The number of aromatic nitrogens is 4. The van der Waals surface area contributed by atoms with Crippen LogP contribution in [0.3, 0.4) is 0 Å². The maximum atomic E-state index is 12.6. The van der Waals surface area contributed by atoms with E-state index in [0.717, 1.165) is 22.5 Å². The SMILES string of the molecule is CCn1cc(S(=O)(=O)Nc2ccc(-c3cn4ccc(C)cc4n3)cc2)nc1C. The summed E-state index contributed by atoms with van der Waals surface area (Å²) in [6.45, 7) is 6.42. The summed E-state index contributed by atoms with van der Waals surface area (Å²) < 4.78 is 31.5. The minimum Gasteiger partial charge on any atom is -0.334 e. The Bertz CT molecular complexity index is 1250. The van der Waals surface area contributed by atoms with Gasteiger partial charge >= 0.3 is 0 Å². The number of pyridine rings is 1. The van der Waals surface area contributed by atoms with Crippen LogP contribution < -0.4 is 4.72 Å². The minimum absolute atomic E-state index is 0.0200. The number of anilines is 1. The lowest BCUT2D eigenvalue weighted by molar-refractivity contribution is 0.598. The number of aryl methyl sites for hydroxylation is 3. The molecule has 0 aliphatic rings. The molecule has 3 aromatic heterocycles. The molecular formula is C20H21N5O2S. The van der Waals surface area contributed by atoms with Crippen LogP contribution in [-0.2, 0) is 16.6 Å². The van der Waals surface area contributed by atoms with E-state index in [1.807, 2.05) is 54.9 Å². The van der Waals surface area contributed by atoms with Crippen molar-refractivity contribution < 1.29 is 8.42 Å². The highest BCUT2D eigenvalue weighted by atomic mass is 32.2. The van der Waals surface area contributed by atoms with Crippen molar-refractivity contribution >= 4 is 21.4 Å². The Balaban J connectivity index is 1.58. The molecule has 1 N–H and O–H groups in total. The molecule has 0 saturated heterocycles. The largest absolute Gasteiger partial charge is 0.334 e. The standard InChI is InChI=1S/C20H21N5O2S/c1-4-24-13-20(21-15(24)3)28(26,27)23-17-7-5-16(6-8-17)18-12-25-10-9-14(2)11-19(25)22-18/h5-13,23H,4H2,1-3H3. The summed E-state index contributed by atoms with van der Waals surface area (Å²) in [7, 11) is -3.73. The van der Waals surface area contributed by atoms with Gasteiger partial charge in [0, 0.05) is 36.4 Å². The molecular weight excluding hydrogens is 374 g/mol. The zero-order valence-electron chi connectivity index (χ0n) is 15.9. The zero-order chi connectivity index (χ0) is 19.9. The lowest BCUT2D eigenvalue weighted by Crippen LogP contribution is -2.13. The summed E-state index contributed by atoms with van der Waals surface area (Å²) >= 11 is 0. The second-order valence-electron chi connectivity index (χ2n) is 6.69. The van der Waals surface area contributed by atoms with Crippen LogP contribution in [-0.4, -0.2) is 27.4 Å². The molecule has 8 heteroatoms. The minimum atomic E-state index is -3.73. The second kappa shape index (κ2) is 6.79. The molecule has 0 atom stereocenters. The molecule has 0 amide bonds. The Morgan fingerprint density at radius 1 is 1.04 bits per heavy atom. The van der Waals surface area contributed by atoms with Crippen LogP contribution in [0.5, 0.6) is 0 Å². The van der Waals surface area contributed by atoms with E-state index in [1.165, 1.54) is 0 Å². The monoisotopic (exact) mass is 395 g/mol. The number of hydrogen-bond donors (Lipinski definition) is 1. The van der Waals surface area contributed by atoms with Gasteiger partial charge in [0.05, 0.1) is 5.69 Å². The molecule has 0 aliphatic heterocycles. The van der Waals surface area contributed by atoms with Crippen molar-refractivity contribution in [1.82, 2.24) is 18.9 Å². The van der Waals surface area contributed by atoms with Crippen molar-refractivity contribution in [2.75, 3.05) is 4.72 Å². The van der Waals surface area contributed by atoms with Gasteiger partial charge in [0.1, 0.15) is 11.5 Å². The maximum absolute atomic E-state index is 12.6. The molecule has 7 nitrogen and oxygen atoms in total. The molecule has 0 bridgehead atoms. The Kier molecular flexibility index (Phi) is 4.43. The summed E-state index contributed by atoms with van der Waals surface area (Å²) in [5.74, 6) is 0.667. The molecule has 0 saturated carbocycles. The van der Waals surface area contributed by atoms with Gasteiger partial charge in [-0.25, -0.2) is 9.97 Å². The van der Waals surface area contributed by atoms with Gasteiger partial charge in [-0.2, -0.15) is 8.42 Å². The van der Waals surface area contributed by atoms with E-state index in [0.29, 0.717) is 18.1 Å². The average molecular weight is 395 g/mol. The van der Waals surface area contributed by atoms with Gasteiger partial charge in [0.25, 0.3) is 10.0 Å². The molecule has 3 heterocycles. The highest BCUT2D eigenvalue weighted by molar-refractivity contribution is 7.92. The van der Waals surface area contributed by atoms with Crippen molar-refractivity contribution in [2.24, 2.45) is 0 Å². The fourth-order valence-corrected chi connectivity index (χ4v) is 4.14. The fraction of sp³-hybridized carbons (Fsp3) is 0.200. The molecule has 0 unspecified atom stereocenters. The molecule has 4 rings (SSSR count). The first-order valence-electron chi connectivity index (χ1n) is 8.98. The number of imidazole rings is 2. The maximum Gasteiger partial charge on any atom is 0.280 e. The lowest BCUT2D eigenvalue weighted by atomic mass is 10.1. The highest BCUT2D eigenvalue weighted by Crippen LogP contribution is 2.23. The van der Waals surface area contributed by atoms with E-state index >= 15 is 0 Å². The topological polar surface area (TPSA) is 81.3 Å². The van der Waals surface area contributed by atoms with Crippen LogP contribution in [0.25, 0.3) is 16.9 Å². The van der Waals surface area contributed by atoms with Gasteiger partial charge in [0.15, 0.2) is 5.03 Å². The van der Waals surface area contributed by atoms with Crippen LogP contribution in [0.2, 0.25) is 0 Å². The summed E-state index contributed by atoms with van der Waals surface area (Å²) in [6, 6.07) is 11.2. The normalized spacial score (nSPS) is 11.8. The van der Waals surface area contributed by atoms with E-state index < -0.39 is 10.0 Å². The third kappa shape index (κ3) is 3.38. The first kappa shape index (κ1) is 18.2. The molecule has 28 heavy (non-hydrogen) atoms. The van der Waals surface area contributed by atoms with E-state index in [1.54, 1.807) is 29.8 Å². The van der Waals surface area contributed by atoms with Crippen LogP contribution in [0.4, 0.5) is 5.69 Å². The van der Waals surface area contributed by atoms with Gasteiger partial charge in [-0.1, -0.05) is 12.1 Å². The molecule has 4 aromatic rings. The molecule has 0 fully saturated rings. The lowest BCUT2D eigenvalue weighted by Gasteiger charge is -2.06. The molecule has 0 radical (unpaired) electrons. The summed E-state index contributed by atoms with van der Waals surface area (Å²) in [5, 5.41) is 0.0200. The predicted octanol–water partition coefficient (Wildman–Crippen LogP) is 3.64. The van der Waals surface area contributed by atoms with Crippen LogP contribution in [0.15, 0.2) is 60.0 Å². The van der Waals surface area contributed by atoms with Gasteiger partial charge in [-0.05, 0) is 50.6 Å². The van der Waals surface area contributed by atoms with Crippen molar-refractivity contribution in [3.8, 4) is 11.3 Å². The van der Waals surface area contributed by atoms with E-state index in [-0.39, 0.29) is 5.03 Å². The van der Waals surface area contributed by atoms with Gasteiger partial charge in [0.2, 0.25) is 0 Å². The number of benzene rings is 1. The first-order valence-corrected chi connectivity index (χ1v) is 10.5.